The van der Waals surface area contributed by atoms with Crippen LogP contribution >= 0.6 is 11.6 Å². The van der Waals surface area contributed by atoms with Gasteiger partial charge in [0.25, 0.3) is 0 Å². The van der Waals surface area contributed by atoms with E-state index >= 15 is 0 Å². The lowest BCUT2D eigenvalue weighted by Crippen LogP contribution is -2.22. The summed E-state index contributed by atoms with van der Waals surface area (Å²) in [5.41, 5.74) is 1.02. The summed E-state index contributed by atoms with van der Waals surface area (Å²) in [6.45, 7) is 2.02. The van der Waals surface area contributed by atoms with E-state index in [9.17, 15) is 4.79 Å². The molecule has 0 heterocycles. The van der Waals surface area contributed by atoms with Crippen LogP contribution < -0.4 is 10.1 Å². The van der Waals surface area contributed by atoms with Gasteiger partial charge in [0.2, 0.25) is 5.91 Å². The van der Waals surface area contributed by atoms with Crippen LogP contribution in [0.25, 0.3) is 0 Å². The fraction of sp³-hybridized carbons (Fsp3) is 0.500. The first-order valence-electron chi connectivity index (χ1n) is 6.31. The number of alkyl halides is 1. The third-order valence-electron chi connectivity index (χ3n) is 2.52. The van der Waals surface area contributed by atoms with Gasteiger partial charge in [0.1, 0.15) is 12.4 Å². The molecule has 0 aliphatic heterocycles. The van der Waals surface area contributed by atoms with Crippen molar-refractivity contribution in [2.45, 2.75) is 13.0 Å². The van der Waals surface area contributed by atoms with Gasteiger partial charge < -0.3 is 15.0 Å². The minimum absolute atomic E-state index is 0.0334. The molecule has 1 N–H and O–H groups in total. The normalized spacial score (nSPS) is 10.5. The molecule has 0 aromatic heterocycles. The molecule has 1 aromatic rings. The number of nitrogens with one attached hydrogen (secondary N) is 1. The number of benzene rings is 1. The summed E-state index contributed by atoms with van der Waals surface area (Å²) < 4.78 is 5.64. The van der Waals surface area contributed by atoms with Crippen molar-refractivity contribution in [3.63, 3.8) is 0 Å². The van der Waals surface area contributed by atoms with Gasteiger partial charge in [-0.05, 0) is 31.8 Å². The van der Waals surface area contributed by atoms with Crippen molar-refractivity contribution in [3.05, 3.63) is 29.8 Å². The van der Waals surface area contributed by atoms with Crippen LogP contribution in [0, 0.1) is 0 Å². The number of carbonyl (C=O) groups is 1. The third kappa shape index (κ3) is 7.03. The molecule has 106 valence electrons. The van der Waals surface area contributed by atoms with E-state index in [4.69, 9.17) is 16.3 Å². The van der Waals surface area contributed by atoms with Crippen LogP contribution in [0.15, 0.2) is 24.3 Å². The summed E-state index contributed by atoms with van der Waals surface area (Å²) in [5.74, 6) is 1.14. The molecule has 4 nitrogen and oxygen atoms in total. The summed E-state index contributed by atoms with van der Waals surface area (Å²) in [4.78, 5) is 13.4. The molecule has 0 fully saturated rings. The maximum atomic E-state index is 11.3. The standard InChI is InChI=1S/C14H21ClN2O2/c1-17(2)8-9-19-13-5-3-4-12(10-13)11-16-14(18)6-7-15/h3-5,10H,6-9,11H2,1-2H3,(H,16,18). The maximum Gasteiger partial charge on any atom is 0.221 e. The number of hydrogen-bond donors (Lipinski definition) is 1. The smallest absolute Gasteiger partial charge is 0.221 e. The van der Waals surface area contributed by atoms with Crippen molar-refractivity contribution in [2.75, 3.05) is 33.1 Å². The van der Waals surface area contributed by atoms with E-state index in [1.807, 2.05) is 38.4 Å². The van der Waals surface area contributed by atoms with Crippen LogP contribution in [-0.4, -0.2) is 43.9 Å². The van der Waals surface area contributed by atoms with Gasteiger partial charge in [-0.25, -0.2) is 0 Å². The monoisotopic (exact) mass is 284 g/mol. The highest BCUT2D eigenvalue weighted by atomic mass is 35.5. The molecule has 1 amide bonds. The van der Waals surface area contributed by atoms with E-state index in [0.29, 0.717) is 25.5 Å². The van der Waals surface area contributed by atoms with E-state index in [1.165, 1.54) is 0 Å². The summed E-state index contributed by atoms with van der Waals surface area (Å²) in [6.07, 6.45) is 0.348. The van der Waals surface area contributed by atoms with Crippen molar-refractivity contribution in [2.24, 2.45) is 0 Å². The van der Waals surface area contributed by atoms with Crippen LogP contribution in [0.1, 0.15) is 12.0 Å². The van der Waals surface area contributed by atoms with Crippen LogP contribution in [0.2, 0.25) is 0 Å². The molecule has 0 atom stereocenters. The molecule has 0 saturated heterocycles. The first kappa shape index (κ1) is 15.8. The molecule has 0 saturated carbocycles. The molecule has 19 heavy (non-hydrogen) atoms. The average Bonchev–Trinajstić information content (AvgIpc) is 2.37. The quantitative estimate of drug-likeness (QED) is 0.741. The zero-order chi connectivity index (χ0) is 14.1. The van der Waals surface area contributed by atoms with Crippen molar-refractivity contribution < 1.29 is 9.53 Å². The second kappa shape index (κ2) is 8.77. The Hall–Kier alpha value is -1.26. The highest BCUT2D eigenvalue weighted by molar-refractivity contribution is 6.18. The van der Waals surface area contributed by atoms with Crippen molar-refractivity contribution in [1.29, 1.82) is 0 Å². The fourth-order valence-corrected chi connectivity index (χ4v) is 1.64. The molecule has 0 aliphatic rings. The summed E-state index contributed by atoms with van der Waals surface area (Å²) in [6, 6.07) is 7.74. The predicted molar refractivity (Wildman–Crippen MR) is 77.7 cm³/mol. The molecule has 1 rings (SSSR count). The Bertz CT molecular complexity index is 397. The van der Waals surface area contributed by atoms with Gasteiger partial charge in [-0.1, -0.05) is 12.1 Å². The van der Waals surface area contributed by atoms with E-state index < -0.39 is 0 Å². The number of ether oxygens (including phenoxy) is 1. The lowest BCUT2D eigenvalue weighted by atomic mass is 10.2. The summed E-state index contributed by atoms with van der Waals surface area (Å²) >= 11 is 5.50. The number of likely N-dealkylation sites (N-methyl/N-ethyl adjacent to an activating group) is 1. The van der Waals surface area contributed by atoms with Crippen LogP contribution in [-0.2, 0) is 11.3 Å². The molecule has 1 aromatic carbocycles. The van der Waals surface area contributed by atoms with Gasteiger partial charge >= 0.3 is 0 Å². The van der Waals surface area contributed by atoms with Crippen molar-refractivity contribution in [1.82, 2.24) is 10.2 Å². The lowest BCUT2D eigenvalue weighted by molar-refractivity contribution is -0.120. The molecule has 5 heteroatoms. The Balaban J connectivity index is 2.41. The van der Waals surface area contributed by atoms with Gasteiger partial charge in [0, 0.05) is 25.4 Å². The van der Waals surface area contributed by atoms with Gasteiger partial charge in [-0.15, -0.1) is 11.6 Å². The highest BCUT2D eigenvalue weighted by Crippen LogP contribution is 2.13. The number of amides is 1. The highest BCUT2D eigenvalue weighted by Gasteiger charge is 2.01. The topological polar surface area (TPSA) is 41.6 Å². The van der Waals surface area contributed by atoms with Crippen molar-refractivity contribution >= 4 is 17.5 Å². The predicted octanol–water partition coefficient (Wildman–Crippen LogP) is 1.87. The minimum atomic E-state index is -0.0334. The summed E-state index contributed by atoms with van der Waals surface area (Å²) in [5, 5.41) is 2.81. The number of hydrogen-bond acceptors (Lipinski definition) is 3. The Morgan fingerprint density at radius 1 is 1.42 bits per heavy atom. The average molecular weight is 285 g/mol. The Morgan fingerprint density at radius 3 is 2.89 bits per heavy atom. The molecule has 0 spiro atoms. The molecular weight excluding hydrogens is 264 g/mol. The molecule has 0 bridgehead atoms. The minimum Gasteiger partial charge on any atom is -0.492 e. The Kier molecular flexibility index (Phi) is 7.30. The number of halogens is 1. The molecule has 0 aliphatic carbocycles. The van der Waals surface area contributed by atoms with E-state index in [0.717, 1.165) is 17.9 Å². The van der Waals surface area contributed by atoms with Crippen LogP contribution in [0.4, 0.5) is 0 Å². The lowest BCUT2D eigenvalue weighted by Gasteiger charge is -2.12. The molecular formula is C14H21ClN2O2. The van der Waals surface area contributed by atoms with Gasteiger partial charge in [-0.2, -0.15) is 0 Å². The summed E-state index contributed by atoms with van der Waals surface area (Å²) in [7, 11) is 4.01. The van der Waals surface area contributed by atoms with Crippen molar-refractivity contribution in [3.8, 4) is 5.75 Å². The van der Waals surface area contributed by atoms with E-state index in [-0.39, 0.29) is 5.91 Å². The second-order valence-electron chi connectivity index (χ2n) is 4.51. The molecule has 0 unspecified atom stereocenters. The fourth-order valence-electron chi connectivity index (χ4n) is 1.47. The second-order valence-corrected chi connectivity index (χ2v) is 4.89. The SMILES string of the molecule is CN(C)CCOc1cccc(CNC(=O)CCCl)c1. The van der Waals surface area contributed by atoms with Gasteiger partial charge in [0.15, 0.2) is 0 Å². The largest absolute Gasteiger partial charge is 0.492 e. The Morgan fingerprint density at radius 2 is 2.21 bits per heavy atom. The first-order valence-corrected chi connectivity index (χ1v) is 6.84. The van der Waals surface area contributed by atoms with Crippen LogP contribution in [0.5, 0.6) is 5.75 Å². The third-order valence-corrected chi connectivity index (χ3v) is 2.71. The van der Waals surface area contributed by atoms with E-state index in [1.54, 1.807) is 0 Å². The zero-order valence-corrected chi connectivity index (χ0v) is 12.2. The maximum absolute atomic E-state index is 11.3. The number of rotatable bonds is 8. The molecule has 0 radical (unpaired) electrons. The first-order chi connectivity index (χ1) is 9.11. The van der Waals surface area contributed by atoms with Gasteiger partial charge in [0.05, 0.1) is 0 Å². The number of carbonyl (C=O) groups excluding carboxylic acids is 1. The zero-order valence-electron chi connectivity index (χ0n) is 11.5. The number of nitrogens with zero attached hydrogens (tertiary/aromatic N) is 1. The van der Waals surface area contributed by atoms with Gasteiger partial charge in [-0.3, -0.25) is 4.79 Å². The van der Waals surface area contributed by atoms with E-state index in [2.05, 4.69) is 10.2 Å². The Labute approximate surface area is 119 Å². The van der Waals surface area contributed by atoms with Crippen LogP contribution in [0.3, 0.4) is 0 Å².